The molecule has 3 aromatic heterocycles. The first-order valence-corrected chi connectivity index (χ1v) is 15.4. The van der Waals surface area contributed by atoms with E-state index in [2.05, 4.69) is 126 Å². The van der Waals surface area contributed by atoms with Gasteiger partial charge in [-0.2, -0.15) is 9.97 Å². The zero-order valence-electron chi connectivity index (χ0n) is 24.6. The van der Waals surface area contributed by atoms with Gasteiger partial charge in [0.15, 0.2) is 11.6 Å². The van der Waals surface area contributed by atoms with Crippen molar-refractivity contribution < 1.29 is 4.42 Å². The monoisotopic (exact) mass is 588 g/mol. The summed E-state index contributed by atoms with van der Waals surface area (Å²) in [6.45, 7) is 0. The van der Waals surface area contributed by atoms with E-state index in [1.807, 2.05) is 24.3 Å². The highest BCUT2D eigenvalue weighted by molar-refractivity contribution is 6.14. The molecule has 0 unspecified atom stereocenters. The molecule has 3 heterocycles. The fourth-order valence-electron chi connectivity index (χ4n) is 7.01. The second-order valence-electron chi connectivity index (χ2n) is 11.6. The van der Waals surface area contributed by atoms with Crippen molar-refractivity contribution in [3.05, 3.63) is 146 Å². The van der Waals surface area contributed by atoms with E-state index in [1.165, 1.54) is 5.39 Å². The van der Waals surface area contributed by atoms with Gasteiger partial charge in [-0.1, -0.05) is 121 Å². The molecular weight excluding hydrogens is 564 g/mol. The van der Waals surface area contributed by atoms with Gasteiger partial charge < -0.3 is 4.42 Å². The molecule has 214 valence electrons. The van der Waals surface area contributed by atoms with Crippen LogP contribution in [0.25, 0.3) is 94.0 Å². The highest BCUT2D eigenvalue weighted by Crippen LogP contribution is 2.38. The third-order valence-electron chi connectivity index (χ3n) is 9.06. The summed E-state index contributed by atoms with van der Waals surface area (Å²) in [5, 5.41) is 8.99. The molecule has 0 radical (unpaired) electrons. The predicted octanol–water partition coefficient (Wildman–Crippen LogP) is 10.5. The van der Waals surface area contributed by atoms with Crippen LogP contribution in [-0.4, -0.2) is 19.5 Å². The number of benzene rings is 7. The van der Waals surface area contributed by atoms with Gasteiger partial charge in [0.25, 0.3) is 0 Å². The van der Waals surface area contributed by atoms with Crippen LogP contribution >= 0.6 is 0 Å². The van der Waals surface area contributed by atoms with Gasteiger partial charge in [0.1, 0.15) is 11.2 Å². The smallest absolute Gasteiger partial charge is 0.238 e. The van der Waals surface area contributed by atoms with Crippen molar-refractivity contribution in [2.45, 2.75) is 0 Å². The Morgan fingerprint density at radius 1 is 0.413 bits per heavy atom. The molecule has 0 atom stereocenters. The van der Waals surface area contributed by atoms with Crippen LogP contribution in [0.3, 0.4) is 0 Å². The molecule has 0 spiro atoms. The molecule has 0 saturated carbocycles. The summed E-state index contributed by atoms with van der Waals surface area (Å²) in [6.07, 6.45) is 0. The van der Waals surface area contributed by atoms with Crippen LogP contribution in [0, 0.1) is 0 Å². The van der Waals surface area contributed by atoms with Crippen molar-refractivity contribution in [1.29, 1.82) is 0 Å². The van der Waals surface area contributed by atoms with Crippen LogP contribution < -0.4 is 0 Å². The summed E-state index contributed by atoms with van der Waals surface area (Å²) < 4.78 is 8.63. The summed E-state index contributed by atoms with van der Waals surface area (Å²) in [4.78, 5) is 15.7. The van der Waals surface area contributed by atoms with Gasteiger partial charge >= 0.3 is 0 Å². The van der Waals surface area contributed by atoms with Crippen LogP contribution in [-0.2, 0) is 0 Å². The van der Waals surface area contributed by atoms with Crippen LogP contribution in [0.4, 0.5) is 0 Å². The van der Waals surface area contributed by atoms with E-state index in [0.29, 0.717) is 17.6 Å². The van der Waals surface area contributed by atoms with Crippen molar-refractivity contribution in [1.82, 2.24) is 19.5 Å². The molecule has 7 aromatic carbocycles. The third kappa shape index (κ3) is 3.60. The molecule has 10 rings (SSSR count). The maximum Gasteiger partial charge on any atom is 0.238 e. The van der Waals surface area contributed by atoms with Gasteiger partial charge in [-0.3, -0.25) is 4.57 Å². The van der Waals surface area contributed by atoms with E-state index >= 15 is 0 Å². The molecule has 10 aromatic rings. The van der Waals surface area contributed by atoms with Crippen molar-refractivity contribution in [2.75, 3.05) is 0 Å². The van der Waals surface area contributed by atoms with E-state index < -0.39 is 0 Å². The van der Waals surface area contributed by atoms with E-state index in [4.69, 9.17) is 19.4 Å². The normalized spacial score (nSPS) is 11.9. The minimum atomic E-state index is 0.558. The zero-order valence-corrected chi connectivity index (χ0v) is 24.6. The summed E-state index contributed by atoms with van der Waals surface area (Å²) >= 11 is 0. The molecule has 0 bridgehead atoms. The highest BCUT2D eigenvalue weighted by atomic mass is 16.3. The van der Waals surface area contributed by atoms with Crippen LogP contribution in [0.15, 0.2) is 150 Å². The number of nitrogens with zero attached hydrogens (tertiary/aromatic N) is 4. The molecular formula is C41H24N4O. The van der Waals surface area contributed by atoms with E-state index in [-0.39, 0.29) is 0 Å². The molecule has 0 fully saturated rings. The molecule has 0 aliphatic rings. The molecule has 0 aliphatic carbocycles. The van der Waals surface area contributed by atoms with Gasteiger partial charge in [-0.15, -0.1) is 0 Å². The Kier molecular flexibility index (Phi) is 5.22. The number of fused-ring (bicyclic) bond motifs is 9. The Bertz CT molecular complexity index is 2770. The van der Waals surface area contributed by atoms with Crippen LogP contribution in [0.2, 0.25) is 0 Å². The van der Waals surface area contributed by atoms with E-state index in [1.54, 1.807) is 0 Å². The Labute approximate surface area is 263 Å². The topological polar surface area (TPSA) is 56.7 Å². The number of rotatable bonds is 3. The van der Waals surface area contributed by atoms with Gasteiger partial charge in [0.2, 0.25) is 5.95 Å². The molecule has 0 aliphatic heterocycles. The lowest BCUT2D eigenvalue weighted by molar-refractivity contribution is 0.669. The standard InChI is InChI=1S/C41H24N4O/c1-2-13-27-25(11-1)23-24-26-12-9-18-32(37(26)27)39-42-40(33-19-10-17-31-30-16-5-8-22-36(30)46-38(31)33)44-41(43-39)45-34-20-6-3-14-28(34)29-15-4-7-21-35(29)45/h1-24H. The quantitative estimate of drug-likeness (QED) is 0.193. The van der Waals surface area contributed by atoms with Gasteiger partial charge in [0.05, 0.1) is 16.6 Å². The Balaban J connectivity index is 1.34. The van der Waals surface area contributed by atoms with Crippen molar-refractivity contribution in [2.24, 2.45) is 0 Å². The van der Waals surface area contributed by atoms with E-state index in [9.17, 15) is 0 Å². The second kappa shape index (κ2) is 9.58. The third-order valence-corrected chi connectivity index (χ3v) is 9.06. The minimum Gasteiger partial charge on any atom is -0.455 e. The first-order chi connectivity index (χ1) is 22.8. The number of hydrogen-bond acceptors (Lipinski definition) is 4. The molecule has 0 N–H and O–H groups in total. The fraction of sp³-hybridized carbons (Fsp3) is 0. The minimum absolute atomic E-state index is 0.558. The largest absolute Gasteiger partial charge is 0.455 e. The molecule has 0 saturated heterocycles. The van der Waals surface area contributed by atoms with Crippen LogP contribution in [0.1, 0.15) is 0 Å². The zero-order chi connectivity index (χ0) is 30.2. The Morgan fingerprint density at radius 2 is 0.978 bits per heavy atom. The molecule has 5 nitrogen and oxygen atoms in total. The summed E-state index contributed by atoms with van der Waals surface area (Å²) in [7, 11) is 0. The summed E-state index contributed by atoms with van der Waals surface area (Å²) in [5.41, 5.74) is 5.45. The number of para-hydroxylation sites is 4. The van der Waals surface area contributed by atoms with Gasteiger partial charge in [0, 0.05) is 32.5 Å². The highest BCUT2D eigenvalue weighted by Gasteiger charge is 2.21. The molecule has 0 amide bonds. The van der Waals surface area contributed by atoms with Crippen LogP contribution in [0.5, 0.6) is 0 Å². The average Bonchev–Trinajstić information content (AvgIpc) is 3.67. The second-order valence-corrected chi connectivity index (χ2v) is 11.6. The maximum absolute atomic E-state index is 6.48. The molecule has 46 heavy (non-hydrogen) atoms. The average molecular weight is 589 g/mol. The van der Waals surface area contributed by atoms with Gasteiger partial charge in [-0.05, 0) is 40.4 Å². The lowest BCUT2D eigenvalue weighted by Gasteiger charge is -2.13. The predicted molar refractivity (Wildman–Crippen MR) is 187 cm³/mol. The lowest BCUT2D eigenvalue weighted by atomic mass is 9.97. The first-order valence-electron chi connectivity index (χ1n) is 15.4. The summed E-state index contributed by atoms with van der Waals surface area (Å²) in [5.74, 6) is 1.73. The number of furan rings is 1. The molecule has 5 heteroatoms. The maximum atomic E-state index is 6.48. The van der Waals surface area contributed by atoms with Crippen molar-refractivity contribution in [3.8, 4) is 28.7 Å². The lowest BCUT2D eigenvalue weighted by Crippen LogP contribution is -2.06. The van der Waals surface area contributed by atoms with Crippen molar-refractivity contribution >= 4 is 65.3 Å². The first kappa shape index (κ1) is 25.0. The van der Waals surface area contributed by atoms with Gasteiger partial charge in [-0.25, -0.2) is 4.98 Å². The SMILES string of the molecule is c1ccc2c(c1)ccc1cccc(-c3nc(-c4cccc5c4oc4ccccc45)nc(-n4c5ccccc5c5ccccc54)n3)c12. The van der Waals surface area contributed by atoms with E-state index in [0.717, 1.165) is 71.0 Å². The number of hydrogen-bond donors (Lipinski definition) is 0. The Hall–Kier alpha value is -6.33. The fourth-order valence-corrected chi connectivity index (χ4v) is 7.01. The summed E-state index contributed by atoms with van der Waals surface area (Å²) in [6, 6.07) is 50.3. The Morgan fingerprint density at radius 3 is 1.78 bits per heavy atom. The number of aromatic nitrogens is 4. The van der Waals surface area contributed by atoms with Crippen molar-refractivity contribution in [3.63, 3.8) is 0 Å².